The molecular formula is C15H18ClFN2S. The van der Waals surface area contributed by atoms with E-state index in [0.717, 1.165) is 22.8 Å². The van der Waals surface area contributed by atoms with E-state index in [1.54, 1.807) is 17.4 Å². The first-order chi connectivity index (χ1) is 9.52. The van der Waals surface area contributed by atoms with Gasteiger partial charge in [0.15, 0.2) is 0 Å². The summed E-state index contributed by atoms with van der Waals surface area (Å²) >= 11 is 7.74. The molecule has 0 amide bonds. The topological polar surface area (TPSA) is 24.9 Å². The Bertz CT molecular complexity index is 598. The molecule has 5 heteroatoms. The molecule has 1 atom stereocenters. The summed E-state index contributed by atoms with van der Waals surface area (Å²) in [6.45, 7) is 6.91. The van der Waals surface area contributed by atoms with Crippen molar-refractivity contribution in [2.24, 2.45) is 0 Å². The van der Waals surface area contributed by atoms with Crippen LogP contribution in [-0.2, 0) is 6.42 Å². The summed E-state index contributed by atoms with van der Waals surface area (Å²) in [6, 6.07) is 5.07. The second-order valence-corrected chi connectivity index (χ2v) is 6.32. The molecule has 2 rings (SSSR count). The summed E-state index contributed by atoms with van der Waals surface area (Å²) < 4.78 is 13.5. The van der Waals surface area contributed by atoms with Crippen LogP contribution in [0, 0.1) is 19.7 Å². The van der Waals surface area contributed by atoms with Crippen molar-refractivity contribution in [3.63, 3.8) is 0 Å². The molecule has 0 radical (unpaired) electrons. The highest BCUT2D eigenvalue weighted by molar-refractivity contribution is 7.11. The first-order valence-electron chi connectivity index (χ1n) is 6.63. The zero-order valence-electron chi connectivity index (χ0n) is 11.8. The van der Waals surface area contributed by atoms with Gasteiger partial charge in [-0.1, -0.05) is 30.7 Å². The van der Waals surface area contributed by atoms with Crippen LogP contribution >= 0.6 is 22.9 Å². The van der Waals surface area contributed by atoms with Gasteiger partial charge in [-0.05, 0) is 38.4 Å². The smallest absolute Gasteiger partial charge is 0.142 e. The number of aryl methyl sites for hydroxylation is 2. The lowest BCUT2D eigenvalue weighted by Gasteiger charge is -2.18. The summed E-state index contributed by atoms with van der Waals surface area (Å²) in [7, 11) is 0. The van der Waals surface area contributed by atoms with Crippen LogP contribution in [0.3, 0.4) is 0 Å². The monoisotopic (exact) mass is 312 g/mol. The Labute approximate surface area is 128 Å². The molecule has 2 aromatic rings. The van der Waals surface area contributed by atoms with Crippen molar-refractivity contribution in [2.75, 3.05) is 6.54 Å². The lowest BCUT2D eigenvalue weighted by molar-refractivity contribution is 0.551. The van der Waals surface area contributed by atoms with E-state index in [9.17, 15) is 4.39 Å². The molecule has 0 aliphatic carbocycles. The van der Waals surface area contributed by atoms with Gasteiger partial charge in [-0.25, -0.2) is 9.37 Å². The average molecular weight is 313 g/mol. The zero-order chi connectivity index (χ0) is 14.7. The van der Waals surface area contributed by atoms with E-state index in [2.05, 4.69) is 17.2 Å². The Hall–Kier alpha value is -0.970. The van der Waals surface area contributed by atoms with Crippen LogP contribution in [0.5, 0.6) is 0 Å². The Kier molecular flexibility index (Phi) is 5.13. The standard InChI is InChI=1S/C15H18ClFN2S/c1-4-18-13(15-9(2)19-10(3)20-15)8-11-6-5-7-12(17)14(11)16/h5-7,13,18H,4,8H2,1-3H3. The highest BCUT2D eigenvalue weighted by atomic mass is 35.5. The number of hydrogen-bond acceptors (Lipinski definition) is 3. The highest BCUT2D eigenvalue weighted by Crippen LogP contribution is 2.30. The van der Waals surface area contributed by atoms with Crippen LogP contribution in [0.15, 0.2) is 18.2 Å². The van der Waals surface area contributed by atoms with Crippen molar-refractivity contribution < 1.29 is 4.39 Å². The Balaban J connectivity index is 2.30. The van der Waals surface area contributed by atoms with E-state index >= 15 is 0 Å². The number of aromatic nitrogens is 1. The van der Waals surface area contributed by atoms with Gasteiger partial charge in [-0.3, -0.25) is 0 Å². The number of benzene rings is 1. The average Bonchev–Trinajstić information content (AvgIpc) is 2.73. The van der Waals surface area contributed by atoms with Gasteiger partial charge >= 0.3 is 0 Å². The van der Waals surface area contributed by atoms with Gasteiger partial charge in [0.2, 0.25) is 0 Å². The number of rotatable bonds is 5. The third kappa shape index (κ3) is 3.37. The van der Waals surface area contributed by atoms with Crippen LogP contribution < -0.4 is 5.32 Å². The van der Waals surface area contributed by atoms with Crippen LogP contribution in [0.1, 0.15) is 34.1 Å². The fraction of sp³-hybridized carbons (Fsp3) is 0.400. The first kappa shape index (κ1) is 15.4. The molecule has 20 heavy (non-hydrogen) atoms. The molecule has 1 N–H and O–H groups in total. The SMILES string of the molecule is CCNC(Cc1cccc(F)c1Cl)c1sc(C)nc1C. The van der Waals surface area contributed by atoms with Gasteiger partial charge in [-0.15, -0.1) is 11.3 Å². The zero-order valence-corrected chi connectivity index (χ0v) is 13.4. The highest BCUT2D eigenvalue weighted by Gasteiger charge is 2.19. The molecule has 1 aromatic heterocycles. The van der Waals surface area contributed by atoms with Gasteiger partial charge in [0.1, 0.15) is 5.82 Å². The summed E-state index contributed by atoms with van der Waals surface area (Å²) in [5.74, 6) is -0.364. The van der Waals surface area contributed by atoms with E-state index in [-0.39, 0.29) is 16.9 Å². The van der Waals surface area contributed by atoms with Crippen molar-refractivity contribution in [3.8, 4) is 0 Å². The lowest BCUT2D eigenvalue weighted by atomic mass is 10.0. The summed E-state index contributed by atoms with van der Waals surface area (Å²) in [5, 5.41) is 4.70. The molecule has 0 bridgehead atoms. The molecule has 1 heterocycles. The quantitative estimate of drug-likeness (QED) is 0.882. The third-order valence-corrected chi connectivity index (χ3v) is 4.77. The number of nitrogens with one attached hydrogen (secondary N) is 1. The van der Waals surface area contributed by atoms with Crippen LogP contribution in [-0.4, -0.2) is 11.5 Å². The minimum atomic E-state index is -0.364. The molecule has 1 unspecified atom stereocenters. The molecule has 0 fully saturated rings. The number of halogens is 2. The molecule has 0 saturated heterocycles. The molecule has 0 aliphatic heterocycles. The molecular weight excluding hydrogens is 295 g/mol. The lowest BCUT2D eigenvalue weighted by Crippen LogP contribution is -2.23. The van der Waals surface area contributed by atoms with Crippen molar-refractivity contribution in [2.45, 2.75) is 33.2 Å². The van der Waals surface area contributed by atoms with Gasteiger partial charge < -0.3 is 5.32 Å². The van der Waals surface area contributed by atoms with Crippen LogP contribution in [0.2, 0.25) is 5.02 Å². The second-order valence-electron chi connectivity index (χ2n) is 4.71. The van der Waals surface area contributed by atoms with E-state index in [4.69, 9.17) is 11.6 Å². The van der Waals surface area contributed by atoms with E-state index < -0.39 is 0 Å². The number of hydrogen-bond donors (Lipinski definition) is 1. The number of nitrogens with zero attached hydrogens (tertiary/aromatic N) is 1. The third-order valence-electron chi connectivity index (χ3n) is 3.16. The fourth-order valence-electron chi connectivity index (χ4n) is 2.30. The Morgan fingerprint density at radius 2 is 2.15 bits per heavy atom. The minimum Gasteiger partial charge on any atom is -0.309 e. The van der Waals surface area contributed by atoms with Crippen molar-refractivity contribution in [1.82, 2.24) is 10.3 Å². The van der Waals surface area contributed by atoms with Gasteiger partial charge in [0.25, 0.3) is 0 Å². The van der Waals surface area contributed by atoms with Crippen LogP contribution in [0.25, 0.3) is 0 Å². The van der Waals surface area contributed by atoms with Crippen molar-refractivity contribution >= 4 is 22.9 Å². The van der Waals surface area contributed by atoms with Crippen molar-refractivity contribution in [1.29, 1.82) is 0 Å². The summed E-state index contributed by atoms with van der Waals surface area (Å²) in [4.78, 5) is 5.67. The molecule has 108 valence electrons. The normalized spacial score (nSPS) is 12.7. The number of likely N-dealkylation sites (N-methyl/N-ethyl adjacent to an activating group) is 1. The maximum Gasteiger partial charge on any atom is 0.142 e. The predicted octanol–water partition coefficient (Wildman–Crippen LogP) is 4.45. The largest absolute Gasteiger partial charge is 0.309 e. The Morgan fingerprint density at radius 1 is 1.40 bits per heavy atom. The maximum absolute atomic E-state index is 13.5. The van der Waals surface area contributed by atoms with Gasteiger partial charge in [0.05, 0.1) is 15.7 Å². The molecule has 0 saturated carbocycles. The first-order valence-corrected chi connectivity index (χ1v) is 7.82. The second kappa shape index (κ2) is 6.66. The van der Waals surface area contributed by atoms with Gasteiger partial charge in [-0.2, -0.15) is 0 Å². The van der Waals surface area contributed by atoms with Crippen LogP contribution in [0.4, 0.5) is 4.39 Å². The minimum absolute atomic E-state index is 0.116. The fourth-order valence-corrected chi connectivity index (χ4v) is 3.51. The summed E-state index contributed by atoms with van der Waals surface area (Å²) in [6.07, 6.45) is 0.660. The van der Waals surface area contributed by atoms with E-state index in [0.29, 0.717) is 6.42 Å². The molecule has 1 aromatic carbocycles. The Morgan fingerprint density at radius 3 is 2.75 bits per heavy atom. The van der Waals surface area contributed by atoms with Gasteiger partial charge in [0, 0.05) is 10.9 Å². The maximum atomic E-state index is 13.5. The molecule has 0 aliphatic rings. The molecule has 0 spiro atoms. The summed E-state index contributed by atoms with van der Waals surface area (Å²) in [5.41, 5.74) is 1.86. The van der Waals surface area contributed by atoms with E-state index in [1.807, 2.05) is 19.9 Å². The number of thiazole rings is 1. The predicted molar refractivity (Wildman–Crippen MR) is 83.1 cm³/mol. The molecule has 2 nitrogen and oxygen atoms in total. The van der Waals surface area contributed by atoms with Crippen molar-refractivity contribution in [3.05, 3.63) is 50.2 Å². The van der Waals surface area contributed by atoms with E-state index in [1.165, 1.54) is 10.9 Å².